The molecule has 2 heterocycles. The predicted molar refractivity (Wildman–Crippen MR) is 129 cm³/mol. The molecule has 0 radical (unpaired) electrons. The van der Waals surface area contributed by atoms with Gasteiger partial charge < -0.3 is 24.8 Å². The molecule has 3 aliphatic rings. The quantitative estimate of drug-likeness (QED) is 0.602. The highest BCUT2D eigenvalue weighted by atomic mass is 35.5. The zero-order valence-corrected chi connectivity index (χ0v) is 20.3. The average Bonchev–Trinajstić information content (AvgIpc) is 3.20. The molecule has 0 aromatic heterocycles. The first-order valence-corrected chi connectivity index (χ1v) is 11.3. The molecule has 1 aliphatic carbocycles. The van der Waals surface area contributed by atoms with Gasteiger partial charge >= 0.3 is 0 Å². The average molecular weight is 476 g/mol. The fraction of sp³-hybridized carbons (Fsp3) is 0.739. The molecule has 6 nitrogen and oxygen atoms in total. The van der Waals surface area contributed by atoms with Crippen molar-refractivity contribution < 1.29 is 14.6 Å². The highest BCUT2D eigenvalue weighted by Gasteiger charge is 2.36. The lowest BCUT2D eigenvalue weighted by molar-refractivity contribution is 0.0723. The van der Waals surface area contributed by atoms with Crippen LogP contribution in [0.25, 0.3) is 0 Å². The van der Waals surface area contributed by atoms with Gasteiger partial charge in [0.15, 0.2) is 11.5 Å². The molecular formula is C23H39Cl2N3O3. The van der Waals surface area contributed by atoms with Gasteiger partial charge in [0.2, 0.25) is 0 Å². The van der Waals surface area contributed by atoms with Crippen molar-refractivity contribution in [3.63, 3.8) is 0 Å². The van der Waals surface area contributed by atoms with E-state index in [-0.39, 0.29) is 24.8 Å². The second-order valence-corrected chi connectivity index (χ2v) is 9.00. The third kappa shape index (κ3) is 7.37. The van der Waals surface area contributed by atoms with E-state index in [1.807, 2.05) is 6.07 Å². The monoisotopic (exact) mass is 475 g/mol. The van der Waals surface area contributed by atoms with Gasteiger partial charge in [-0.3, -0.25) is 4.90 Å². The number of nitrogens with one attached hydrogen (secondary N) is 1. The molecule has 3 atom stereocenters. The predicted octanol–water partition coefficient (Wildman–Crippen LogP) is 2.81. The molecular weight excluding hydrogens is 437 g/mol. The Bertz CT molecular complexity index is 647. The number of methoxy groups -OCH3 is 1. The first-order valence-electron chi connectivity index (χ1n) is 11.3. The van der Waals surface area contributed by atoms with Crippen LogP contribution in [0.15, 0.2) is 18.2 Å². The van der Waals surface area contributed by atoms with Crippen molar-refractivity contribution in [1.82, 2.24) is 15.1 Å². The van der Waals surface area contributed by atoms with Crippen molar-refractivity contribution in [2.45, 2.75) is 38.3 Å². The van der Waals surface area contributed by atoms with Crippen LogP contribution in [0.3, 0.4) is 0 Å². The van der Waals surface area contributed by atoms with Crippen LogP contribution in [0, 0.1) is 11.8 Å². The van der Waals surface area contributed by atoms with Gasteiger partial charge in [0.05, 0.1) is 7.11 Å². The highest BCUT2D eigenvalue weighted by molar-refractivity contribution is 5.85. The van der Waals surface area contributed by atoms with Gasteiger partial charge in [-0.15, -0.1) is 24.8 Å². The van der Waals surface area contributed by atoms with Crippen molar-refractivity contribution in [2.24, 2.45) is 11.8 Å². The largest absolute Gasteiger partial charge is 0.493 e. The number of aliphatic hydroxyl groups is 1. The minimum absolute atomic E-state index is 0. The van der Waals surface area contributed by atoms with Gasteiger partial charge in [-0.05, 0) is 61.9 Å². The second kappa shape index (κ2) is 13.1. The Hall–Kier alpha value is -0.760. The van der Waals surface area contributed by atoms with E-state index in [0.29, 0.717) is 18.9 Å². The van der Waals surface area contributed by atoms with Crippen molar-refractivity contribution in [3.05, 3.63) is 23.8 Å². The number of fused-ring (bicyclic) bond motifs is 1. The fourth-order valence-corrected chi connectivity index (χ4v) is 5.27. The molecule has 31 heavy (non-hydrogen) atoms. The normalized spacial score (nSPS) is 25.1. The SMILES string of the molecule is COc1cc(CN2CCCNCC2)ccc1OCC(O)CN1C[C@H]2CCC[C@H]2C1.Cl.Cl. The molecule has 1 aromatic carbocycles. The molecule has 0 amide bonds. The summed E-state index contributed by atoms with van der Waals surface area (Å²) in [5.41, 5.74) is 1.24. The van der Waals surface area contributed by atoms with Gasteiger partial charge in [0, 0.05) is 39.3 Å². The molecule has 4 rings (SSSR count). The Morgan fingerprint density at radius 1 is 1.03 bits per heavy atom. The van der Waals surface area contributed by atoms with E-state index in [9.17, 15) is 5.11 Å². The maximum absolute atomic E-state index is 10.5. The first kappa shape index (κ1) is 26.5. The number of likely N-dealkylation sites (tertiary alicyclic amines) is 1. The number of hydrogen-bond donors (Lipinski definition) is 2. The zero-order chi connectivity index (χ0) is 20.1. The van der Waals surface area contributed by atoms with Crippen LogP contribution in [0.2, 0.25) is 0 Å². The number of aliphatic hydroxyl groups excluding tert-OH is 1. The third-order valence-electron chi connectivity index (χ3n) is 6.77. The van der Waals surface area contributed by atoms with Crippen LogP contribution < -0.4 is 14.8 Å². The zero-order valence-electron chi connectivity index (χ0n) is 18.6. The lowest BCUT2D eigenvalue weighted by atomic mass is 10.0. The van der Waals surface area contributed by atoms with Gasteiger partial charge in [0.25, 0.3) is 0 Å². The maximum atomic E-state index is 10.5. The van der Waals surface area contributed by atoms with Gasteiger partial charge in [0.1, 0.15) is 12.7 Å². The van der Waals surface area contributed by atoms with Gasteiger partial charge in [-0.2, -0.15) is 0 Å². The van der Waals surface area contributed by atoms with Crippen molar-refractivity contribution in [3.8, 4) is 11.5 Å². The summed E-state index contributed by atoms with van der Waals surface area (Å²) < 4.78 is 11.5. The van der Waals surface area contributed by atoms with E-state index >= 15 is 0 Å². The Kier molecular flexibility index (Phi) is 11.2. The maximum Gasteiger partial charge on any atom is 0.161 e. The van der Waals surface area contributed by atoms with E-state index in [1.165, 1.54) is 31.2 Å². The first-order chi connectivity index (χ1) is 14.2. The van der Waals surface area contributed by atoms with Crippen LogP contribution in [-0.2, 0) is 6.54 Å². The Morgan fingerprint density at radius 3 is 2.55 bits per heavy atom. The number of halogens is 2. The molecule has 3 fully saturated rings. The number of rotatable bonds is 8. The standard InChI is InChI=1S/C23H37N3O3.2ClH/c1-28-23-12-18(13-25-10-3-8-24-9-11-25)6-7-22(23)29-17-21(27)16-26-14-19-4-2-5-20(19)15-26;;/h6-7,12,19-21,24,27H,2-5,8-11,13-17H2,1H3;2*1H/t19-,20+,21?;;. The molecule has 1 saturated carbocycles. The summed E-state index contributed by atoms with van der Waals surface area (Å²) in [6, 6.07) is 6.17. The summed E-state index contributed by atoms with van der Waals surface area (Å²) >= 11 is 0. The topological polar surface area (TPSA) is 57.2 Å². The highest BCUT2D eigenvalue weighted by Crippen LogP contribution is 2.37. The summed E-state index contributed by atoms with van der Waals surface area (Å²) in [7, 11) is 1.68. The van der Waals surface area contributed by atoms with E-state index in [0.717, 1.165) is 63.4 Å². The van der Waals surface area contributed by atoms with Crippen LogP contribution >= 0.6 is 24.8 Å². The molecule has 2 aliphatic heterocycles. The summed E-state index contributed by atoms with van der Waals surface area (Å²) in [6.07, 6.45) is 4.84. The minimum Gasteiger partial charge on any atom is -0.493 e. The van der Waals surface area contributed by atoms with Crippen molar-refractivity contribution in [1.29, 1.82) is 0 Å². The number of nitrogens with zero attached hydrogens (tertiary/aromatic N) is 2. The smallest absolute Gasteiger partial charge is 0.161 e. The Balaban J connectivity index is 0.00000171. The van der Waals surface area contributed by atoms with Crippen LogP contribution in [-0.4, -0.2) is 80.5 Å². The van der Waals surface area contributed by atoms with E-state index in [2.05, 4.69) is 27.2 Å². The molecule has 2 saturated heterocycles. The molecule has 178 valence electrons. The third-order valence-corrected chi connectivity index (χ3v) is 6.77. The summed E-state index contributed by atoms with van der Waals surface area (Å²) in [4.78, 5) is 4.89. The summed E-state index contributed by atoms with van der Waals surface area (Å²) in [5.74, 6) is 3.18. The molecule has 1 aromatic rings. The molecule has 8 heteroatoms. The van der Waals surface area contributed by atoms with Crippen molar-refractivity contribution in [2.75, 3.05) is 59.5 Å². The van der Waals surface area contributed by atoms with Crippen molar-refractivity contribution >= 4 is 24.8 Å². The number of benzene rings is 1. The second-order valence-electron chi connectivity index (χ2n) is 9.00. The summed E-state index contributed by atoms with van der Waals surface area (Å²) in [6.45, 7) is 8.58. The van der Waals surface area contributed by atoms with E-state index < -0.39 is 6.10 Å². The molecule has 1 unspecified atom stereocenters. The number of ether oxygens (including phenoxy) is 2. The molecule has 0 bridgehead atoms. The summed E-state index contributed by atoms with van der Waals surface area (Å²) in [5, 5.41) is 13.9. The Labute approximate surface area is 199 Å². The number of hydrogen-bond acceptors (Lipinski definition) is 6. The van der Waals surface area contributed by atoms with Gasteiger partial charge in [-0.1, -0.05) is 12.5 Å². The molecule has 2 N–H and O–H groups in total. The van der Waals surface area contributed by atoms with Crippen LogP contribution in [0.4, 0.5) is 0 Å². The van der Waals surface area contributed by atoms with E-state index in [1.54, 1.807) is 7.11 Å². The minimum atomic E-state index is -0.470. The lowest BCUT2D eigenvalue weighted by Gasteiger charge is -2.22. The van der Waals surface area contributed by atoms with Crippen LogP contribution in [0.5, 0.6) is 11.5 Å². The fourth-order valence-electron chi connectivity index (χ4n) is 5.27. The molecule has 0 spiro atoms. The Morgan fingerprint density at radius 2 is 1.81 bits per heavy atom. The van der Waals surface area contributed by atoms with Crippen LogP contribution in [0.1, 0.15) is 31.2 Å². The van der Waals surface area contributed by atoms with E-state index in [4.69, 9.17) is 9.47 Å². The number of β-amino-alcohol motifs (C(OH)–C–C–N with tert-alkyl or cyclic N) is 1. The van der Waals surface area contributed by atoms with Gasteiger partial charge in [-0.25, -0.2) is 0 Å². The lowest BCUT2D eigenvalue weighted by Crippen LogP contribution is -2.34.